The molecular weight excluding hydrogens is 242 g/mol. The molecule has 0 aliphatic carbocycles. The molecule has 2 aliphatic rings. The summed E-state index contributed by atoms with van der Waals surface area (Å²) >= 11 is 0. The van der Waals surface area contributed by atoms with Gasteiger partial charge in [-0.3, -0.25) is 9.69 Å². The number of carbonyl (C=O) groups is 1. The predicted octanol–water partition coefficient (Wildman–Crippen LogP) is 2.52. The van der Waals surface area contributed by atoms with Gasteiger partial charge in [0.05, 0.1) is 6.10 Å². The molecule has 19 heavy (non-hydrogen) atoms. The molecule has 3 atom stereocenters. The van der Waals surface area contributed by atoms with Crippen molar-refractivity contribution in [1.29, 1.82) is 0 Å². The van der Waals surface area contributed by atoms with E-state index in [1.165, 1.54) is 0 Å². The first-order valence-electron chi connectivity index (χ1n) is 7.69. The molecule has 4 heteroatoms. The number of carboxylic acids is 1. The van der Waals surface area contributed by atoms with Crippen molar-refractivity contribution < 1.29 is 14.6 Å². The average molecular weight is 269 g/mol. The molecule has 2 fully saturated rings. The molecule has 2 aliphatic heterocycles. The van der Waals surface area contributed by atoms with Crippen molar-refractivity contribution in [3.8, 4) is 0 Å². The van der Waals surface area contributed by atoms with E-state index in [2.05, 4.69) is 18.7 Å². The fraction of sp³-hybridized carbons (Fsp3) is 0.933. The van der Waals surface area contributed by atoms with Crippen LogP contribution in [-0.4, -0.2) is 47.3 Å². The lowest BCUT2D eigenvalue weighted by Crippen LogP contribution is -2.51. The number of hydrogen-bond donors (Lipinski definition) is 1. The highest BCUT2D eigenvalue weighted by atomic mass is 16.5. The van der Waals surface area contributed by atoms with E-state index in [0.717, 1.165) is 51.7 Å². The molecular formula is C15H27NO3. The molecule has 110 valence electrons. The number of ether oxygens (including phenoxy) is 1. The molecule has 1 N–H and O–H groups in total. The zero-order chi connectivity index (χ0) is 13.8. The second-order valence-corrected chi connectivity index (χ2v) is 6.27. The first kappa shape index (κ1) is 14.8. The molecule has 0 amide bonds. The van der Waals surface area contributed by atoms with E-state index in [1.807, 2.05) is 0 Å². The van der Waals surface area contributed by atoms with Crippen LogP contribution in [-0.2, 0) is 9.53 Å². The lowest BCUT2D eigenvalue weighted by atomic mass is 9.93. The van der Waals surface area contributed by atoms with Crippen molar-refractivity contribution in [2.75, 3.05) is 13.2 Å². The Morgan fingerprint density at radius 3 is 2.74 bits per heavy atom. The molecule has 0 spiro atoms. The molecule has 0 aromatic heterocycles. The van der Waals surface area contributed by atoms with E-state index in [1.54, 1.807) is 0 Å². The number of hydrogen-bond acceptors (Lipinski definition) is 3. The Bertz CT molecular complexity index is 306. The minimum absolute atomic E-state index is 0.279. The van der Waals surface area contributed by atoms with E-state index in [4.69, 9.17) is 4.74 Å². The topological polar surface area (TPSA) is 49.8 Å². The Morgan fingerprint density at radius 2 is 2.05 bits per heavy atom. The van der Waals surface area contributed by atoms with Gasteiger partial charge in [-0.05, 0) is 38.1 Å². The molecule has 0 radical (unpaired) electrons. The summed E-state index contributed by atoms with van der Waals surface area (Å²) in [5.41, 5.74) is 0. The van der Waals surface area contributed by atoms with E-state index in [9.17, 15) is 9.90 Å². The maximum absolute atomic E-state index is 11.5. The number of nitrogens with zero attached hydrogens (tertiary/aromatic N) is 1. The molecule has 3 unspecified atom stereocenters. The summed E-state index contributed by atoms with van der Waals surface area (Å²) in [4.78, 5) is 13.8. The summed E-state index contributed by atoms with van der Waals surface area (Å²) in [5.74, 6) is -0.132. The largest absolute Gasteiger partial charge is 0.480 e. The number of rotatable bonds is 3. The maximum Gasteiger partial charge on any atom is 0.320 e. The van der Waals surface area contributed by atoms with Crippen LogP contribution in [0.2, 0.25) is 0 Å². The third-order valence-corrected chi connectivity index (χ3v) is 4.58. The monoisotopic (exact) mass is 269 g/mol. The smallest absolute Gasteiger partial charge is 0.320 e. The summed E-state index contributed by atoms with van der Waals surface area (Å²) in [7, 11) is 0. The van der Waals surface area contributed by atoms with Gasteiger partial charge in [0, 0.05) is 12.6 Å². The van der Waals surface area contributed by atoms with Crippen LogP contribution in [0.5, 0.6) is 0 Å². The molecule has 2 rings (SSSR count). The first-order valence-corrected chi connectivity index (χ1v) is 7.69. The van der Waals surface area contributed by atoms with Crippen LogP contribution in [0.1, 0.15) is 52.4 Å². The van der Waals surface area contributed by atoms with E-state index in [0.29, 0.717) is 12.0 Å². The molecule has 0 aromatic rings. The quantitative estimate of drug-likeness (QED) is 0.855. The number of carboxylic acid groups (broad SMARTS) is 1. The van der Waals surface area contributed by atoms with Gasteiger partial charge in [0.15, 0.2) is 0 Å². The summed E-state index contributed by atoms with van der Waals surface area (Å²) in [6.07, 6.45) is 6.40. The zero-order valence-electron chi connectivity index (χ0n) is 12.2. The van der Waals surface area contributed by atoms with Crippen LogP contribution in [0.4, 0.5) is 0 Å². The van der Waals surface area contributed by atoms with Crippen LogP contribution >= 0.6 is 0 Å². The van der Waals surface area contributed by atoms with Gasteiger partial charge in [-0.15, -0.1) is 0 Å². The third kappa shape index (κ3) is 3.69. The van der Waals surface area contributed by atoms with Crippen molar-refractivity contribution in [1.82, 2.24) is 4.90 Å². The van der Waals surface area contributed by atoms with Crippen LogP contribution in [0.25, 0.3) is 0 Å². The fourth-order valence-electron chi connectivity index (χ4n) is 3.41. The van der Waals surface area contributed by atoms with Gasteiger partial charge in [-0.1, -0.05) is 26.7 Å². The standard InChI is InChI=1S/C15H27NO3/c1-11(2)14-10-12(7-9-19-14)16-8-5-3-4-6-13(16)15(17)18/h11-14H,3-10H2,1-2H3,(H,17,18). The summed E-state index contributed by atoms with van der Waals surface area (Å²) in [5, 5.41) is 9.47. The zero-order valence-corrected chi connectivity index (χ0v) is 12.2. The fourth-order valence-corrected chi connectivity index (χ4v) is 3.41. The SMILES string of the molecule is CC(C)C1CC(N2CCCCCC2C(=O)O)CCO1. The van der Waals surface area contributed by atoms with Crippen LogP contribution < -0.4 is 0 Å². The van der Waals surface area contributed by atoms with Crippen molar-refractivity contribution in [2.24, 2.45) is 5.92 Å². The van der Waals surface area contributed by atoms with Crippen LogP contribution in [0.15, 0.2) is 0 Å². The average Bonchev–Trinajstić information content (AvgIpc) is 2.64. The molecule has 2 saturated heterocycles. The first-order chi connectivity index (χ1) is 9.09. The molecule has 0 saturated carbocycles. The van der Waals surface area contributed by atoms with Gasteiger partial charge in [-0.25, -0.2) is 0 Å². The van der Waals surface area contributed by atoms with Gasteiger partial charge in [0.25, 0.3) is 0 Å². The van der Waals surface area contributed by atoms with E-state index < -0.39 is 5.97 Å². The normalized spacial score (nSPS) is 34.2. The Balaban J connectivity index is 2.05. The molecule has 2 heterocycles. The molecule has 0 aromatic carbocycles. The highest BCUT2D eigenvalue weighted by molar-refractivity contribution is 5.73. The minimum Gasteiger partial charge on any atom is -0.480 e. The lowest BCUT2D eigenvalue weighted by molar-refractivity contribution is -0.146. The molecule has 4 nitrogen and oxygen atoms in total. The second-order valence-electron chi connectivity index (χ2n) is 6.27. The number of aliphatic carboxylic acids is 1. The highest BCUT2D eigenvalue weighted by Crippen LogP contribution is 2.28. The van der Waals surface area contributed by atoms with Gasteiger partial charge < -0.3 is 9.84 Å². The van der Waals surface area contributed by atoms with E-state index >= 15 is 0 Å². The van der Waals surface area contributed by atoms with E-state index in [-0.39, 0.29) is 12.1 Å². The Morgan fingerprint density at radius 1 is 1.26 bits per heavy atom. The summed E-state index contributed by atoms with van der Waals surface area (Å²) < 4.78 is 5.81. The van der Waals surface area contributed by atoms with Gasteiger partial charge in [-0.2, -0.15) is 0 Å². The summed E-state index contributed by atoms with van der Waals surface area (Å²) in [6, 6.07) is 0.110. The lowest BCUT2D eigenvalue weighted by Gasteiger charge is -2.40. The van der Waals surface area contributed by atoms with Crippen molar-refractivity contribution in [3.05, 3.63) is 0 Å². The van der Waals surface area contributed by atoms with Gasteiger partial charge >= 0.3 is 5.97 Å². The van der Waals surface area contributed by atoms with Crippen molar-refractivity contribution >= 4 is 5.97 Å². The van der Waals surface area contributed by atoms with Gasteiger partial charge in [0.2, 0.25) is 0 Å². The molecule has 0 bridgehead atoms. The minimum atomic E-state index is -0.644. The van der Waals surface area contributed by atoms with Crippen LogP contribution in [0, 0.1) is 5.92 Å². The predicted molar refractivity (Wildman–Crippen MR) is 74.2 cm³/mol. The Labute approximate surface area is 116 Å². The second kappa shape index (κ2) is 6.71. The third-order valence-electron chi connectivity index (χ3n) is 4.58. The maximum atomic E-state index is 11.5. The number of likely N-dealkylation sites (tertiary alicyclic amines) is 1. The highest BCUT2D eigenvalue weighted by Gasteiger charge is 2.35. The van der Waals surface area contributed by atoms with Crippen LogP contribution in [0.3, 0.4) is 0 Å². The van der Waals surface area contributed by atoms with Gasteiger partial charge in [0.1, 0.15) is 6.04 Å². The van der Waals surface area contributed by atoms with Crippen molar-refractivity contribution in [2.45, 2.75) is 70.6 Å². The summed E-state index contributed by atoms with van der Waals surface area (Å²) in [6.45, 7) is 6.08. The Hall–Kier alpha value is -0.610. The Kier molecular flexibility index (Phi) is 5.22. The van der Waals surface area contributed by atoms with Crippen molar-refractivity contribution in [3.63, 3.8) is 0 Å².